The third-order valence-corrected chi connectivity index (χ3v) is 6.77. The summed E-state index contributed by atoms with van der Waals surface area (Å²) in [5, 5.41) is 13.5. The van der Waals surface area contributed by atoms with Crippen LogP contribution in [0.5, 0.6) is 0 Å². The monoisotopic (exact) mass is 510 g/mol. The van der Waals surface area contributed by atoms with Crippen molar-refractivity contribution in [1.82, 2.24) is 4.98 Å². The second-order valence-electron chi connectivity index (χ2n) is 9.31. The fraction of sp³-hybridized carbons (Fsp3) is 0.207. The largest absolute Gasteiger partial charge is 0.480 e. The van der Waals surface area contributed by atoms with E-state index in [2.05, 4.69) is 22.1 Å². The zero-order valence-corrected chi connectivity index (χ0v) is 20.5. The van der Waals surface area contributed by atoms with Crippen LogP contribution >= 0.6 is 0 Å². The Morgan fingerprint density at radius 1 is 1.13 bits per heavy atom. The molecule has 38 heavy (non-hydrogen) atoms. The summed E-state index contributed by atoms with van der Waals surface area (Å²) >= 11 is 0. The number of pyridine rings is 1. The highest BCUT2D eigenvalue weighted by atomic mass is 16.6. The van der Waals surface area contributed by atoms with E-state index in [4.69, 9.17) is 18.0 Å². The van der Waals surface area contributed by atoms with E-state index in [1.807, 2.05) is 31.2 Å². The molecule has 190 valence electrons. The molecule has 1 unspecified atom stereocenters. The molecule has 4 heterocycles. The van der Waals surface area contributed by atoms with E-state index < -0.39 is 23.6 Å². The van der Waals surface area contributed by atoms with Gasteiger partial charge >= 0.3 is 12.1 Å². The Morgan fingerprint density at radius 3 is 2.68 bits per heavy atom. The lowest BCUT2D eigenvalue weighted by molar-refractivity contribution is -0.140. The lowest BCUT2D eigenvalue weighted by Gasteiger charge is -2.16. The number of amides is 1. The van der Waals surface area contributed by atoms with Crippen LogP contribution in [0.2, 0.25) is 0 Å². The van der Waals surface area contributed by atoms with Crippen molar-refractivity contribution < 1.29 is 32.7 Å². The smallest absolute Gasteiger partial charge is 0.412 e. The number of carboxylic acids is 1. The standard InChI is InChI=1S/C29H22N2O7/c1-16-5-3-4-6-20(16)17(2)35-28(34)31-25-21-9-12-30-15-23(21)37-22(25)8-7-19-13-18-14-24(38-26(18)36-19)29(10-11-29)27(32)33/h3-6,9,12-15,17H,10-11H2,1-2H3,(H,31,34)(H,32,33). The molecule has 0 aliphatic heterocycles. The number of rotatable bonds is 5. The van der Waals surface area contributed by atoms with Gasteiger partial charge in [0.15, 0.2) is 11.3 Å². The van der Waals surface area contributed by atoms with Gasteiger partial charge in [-0.05, 0) is 61.8 Å². The molecular weight excluding hydrogens is 488 g/mol. The minimum atomic E-state index is -0.957. The van der Waals surface area contributed by atoms with Gasteiger partial charge in [0, 0.05) is 17.6 Å². The maximum Gasteiger partial charge on any atom is 0.412 e. The van der Waals surface area contributed by atoms with E-state index in [0.717, 1.165) is 11.1 Å². The van der Waals surface area contributed by atoms with E-state index in [1.165, 1.54) is 6.20 Å². The molecule has 9 nitrogen and oxygen atoms in total. The number of fused-ring (bicyclic) bond motifs is 2. The summed E-state index contributed by atoms with van der Waals surface area (Å²) in [5.41, 5.74) is 1.77. The van der Waals surface area contributed by atoms with Crippen molar-refractivity contribution in [3.63, 3.8) is 0 Å². The SMILES string of the molecule is Cc1ccccc1C(C)OC(=O)Nc1c(C#Cc2cc3cc(C4(C(=O)O)CC4)oc3o2)oc2cnccc12. The first-order valence-electron chi connectivity index (χ1n) is 12.0. The highest BCUT2D eigenvalue weighted by molar-refractivity contribution is 6.00. The van der Waals surface area contributed by atoms with Crippen LogP contribution < -0.4 is 5.32 Å². The van der Waals surface area contributed by atoms with Crippen LogP contribution in [0.25, 0.3) is 22.1 Å². The van der Waals surface area contributed by atoms with Crippen LogP contribution in [0.3, 0.4) is 0 Å². The summed E-state index contributed by atoms with van der Waals surface area (Å²) in [7, 11) is 0. The van der Waals surface area contributed by atoms with Gasteiger partial charge in [-0.3, -0.25) is 15.1 Å². The van der Waals surface area contributed by atoms with Crippen LogP contribution in [0, 0.1) is 18.8 Å². The topological polar surface area (TPSA) is 128 Å². The van der Waals surface area contributed by atoms with E-state index in [1.54, 1.807) is 31.3 Å². The van der Waals surface area contributed by atoms with Crippen LogP contribution in [0.15, 0.2) is 68.1 Å². The summed E-state index contributed by atoms with van der Waals surface area (Å²) in [4.78, 5) is 28.5. The summed E-state index contributed by atoms with van der Waals surface area (Å²) in [5.74, 6) is 5.97. The molecule has 2 N–H and O–H groups in total. The van der Waals surface area contributed by atoms with Gasteiger partial charge in [-0.2, -0.15) is 0 Å². The van der Waals surface area contributed by atoms with Crippen molar-refractivity contribution in [3.8, 4) is 11.8 Å². The Balaban J connectivity index is 1.26. The quantitative estimate of drug-likeness (QED) is 0.264. The molecule has 0 radical (unpaired) electrons. The number of carbonyl (C=O) groups excluding carboxylic acids is 1. The number of nitrogens with zero attached hydrogens (tertiary/aromatic N) is 1. The first-order chi connectivity index (χ1) is 18.3. The van der Waals surface area contributed by atoms with E-state index >= 15 is 0 Å². The summed E-state index contributed by atoms with van der Waals surface area (Å²) in [6, 6.07) is 12.8. The Hall–Kier alpha value is -4.97. The third-order valence-electron chi connectivity index (χ3n) is 6.77. The maximum atomic E-state index is 12.8. The Labute approximate surface area is 216 Å². The molecule has 1 aliphatic rings. The van der Waals surface area contributed by atoms with Gasteiger partial charge in [0.05, 0.1) is 11.6 Å². The minimum Gasteiger partial charge on any atom is -0.480 e. The number of furan rings is 3. The number of carboxylic acid groups (broad SMARTS) is 1. The molecule has 0 bridgehead atoms. The number of benzene rings is 1. The van der Waals surface area contributed by atoms with Crippen LogP contribution in [0.1, 0.15) is 54.3 Å². The average molecular weight is 511 g/mol. The molecule has 1 aromatic carbocycles. The lowest BCUT2D eigenvalue weighted by atomic mass is 10.0. The Bertz CT molecular complexity index is 1740. The van der Waals surface area contributed by atoms with Crippen molar-refractivity contribution in [2.24, 2.45) is 0 Å². The summed E-state index contributed by atoms with van der Waals surface area (Å²) in [6.45, 7) is 3.76. The summed E-state index contributed by atoms with van der Waals surface area (Å²) in [6.07, 6.45) is 3.07. The van der Waals surface area contributed by atoms with Gasteiger partial charge < -0.3 is 23.1 Å². The van der Waals surface area contributed by atoms with Gasteiger partial charge in [-0.15, -0.1) is 0 Å². The molecule has 1 saturated carbocycles. The normalized spacial score (nSPS) is 14.6. The molecule has 5 aromatic rings. The number of nitrogens with one attached hydrogen (secondary N) is 1. The van der Waals surface area contributed by atoms with Crippen LogP contribution in [0.4, 0.5) is 10.5 Å². The fourth-order valence-corrected chi connectivity index (χ4v) is 4.51. The number of ether oxygens (including phenoxy) is 1. The number of hydrogen-bond acceptors (Lipinski definition) is 7. The number of aromatic nitrogens is 1. The average Bonchev–Trinajstić information content (AvgIpc) is 3.32. The minimum absolute atomic E-state index is 0.199. The van der Waals surface area contributed by atoms with Crippen molar-refractivity contribution in [1.29, 1.82) is 0 Å². The van der Waals surface area contributed by atoms with E-state index in [0.29, 0.717) is 46.4 Å². The van der Waals surface area contributed by atoms with Crippen molar-refractivity contribution in [2.75, 3.05) is 5.32 Å². The Kier molecular flexibility index (Phi) is 5.46. The van der Waals surface area contributed by atoms with E-state index in [9.17, 15) is 14.7 Å². The van der Waals surface area contributed by atoms with Crippen LogP contribution in [-0.4, -0.2) is 22.2 Å². The predicted octanol–water partition coefficient (Wildman–Crippen LogP) is 6.30. The Morgan fingerprint density at radius 2 is 1.95 bits per heavy atom. The van der Waals surface area contributed by atoms with Crippen molar-refractivity contribution >= 4 is 39.9 Å². The second kappa shape index (κ2) is 8.85. The summed E-state index contributed by atoms with van der Waals surface area (Å²) < 4.78 is 22.8. The maximum absolute atomic E-state index is 12.8. The molecular formula is C29H22N2O7. The number of aryl methyl sites for hydroxylation is 1. The highest BCUT2D eigenvalue weighted by Gasteiger charge is 2.54. The number of hydrogen-bond donors (Lipinski definition) is 2. The first-order valence-corrected chi connectivity index (χ1v) is 12.0. The molecule has 0 spiro atoms. The number of carbonyl (C=O) groups is 2. The van der Waals surface area contributed by atoms with E-state index in [-0.39, 0.29) is 11.5 Å². The molecule has 0 saturated heterocycles. The molecule has 1 fully saturated rings. The highest BCUT2D eigenvalue weighted by Crippen LogP contribution is 2.50. The van der Waals surface area contributed by atoms with Gasteiger partial charge in [0.1, 0.15) is 23.0 Å². The molecule has 4 aromatic heterocycles. The lowest BCUT2D eigenvalue weighted by Crippen LogP contribution is -2.18. The zero-order chi connectivity index (χ0) is 26.4. The molecule has 6 rings (SSSR count). The van der Waals surface area contributed by atoms with Crippen molar-refractivity contribution in [2.45, 2.75) is 38.2 Å². The van der Waals surface area contributed by atoms with Gasteiger partial charge in [-0.1, -0.05) is 24.3 Å². The molecule has 1 atom stereocenters. The van der Waals surface area contributed by atoms with Gasteiger partial charge in [-0.25, -0.2) is 4.79 Å². The third kappa shape index (κ3) is 4.06. The van der Waals surface area contributed by atoms with Gasteiger partial charge in [0.2, 0.25) is 5.76 Å². The fourth-order valence-electron chi connectivity index (χ4n) is 4.51. The number of aliphatic carboxylic acids is 1. The zero-order valence-electron chi connectivity index (χ0n) is 20.5. The molecule has 9 heteroatoms. The van der Waals surface area contributed by atoms with Crippen molar-refractivity contribution in [3.05, 3.63) is 83.3 Å². The second-order valence-corrected chi connectivity index (χ2v) is 9.31. The molecule has 1 amide bonds. The first kappa shape index (κ1) is 23.4. The predicted molar refractivity (Wildman–Crippen MR) is 137 cm³/mol. The van der Waals surface area contributed by atoms with Crippen LogP contribution in [-0.2, 0) is 14.9 Å². The number of anilines is 1. The molecule has 1 aliphatic carbocycles. The van der Waals surface area contributed by atoms with Gasteiger partial charge in [0.25, 0.3) is 5.78 Å².